The minimum atomic E-state index is 0.108. The summed E-state index contributed by atoms with van der Waals surface area (Å²) in [5, 5.41) is 8.55. The molecule has 0 atom stereocenters. The van der Waals surface area contributed by atoms with Crippen LogP contribution >= 0.6 is 0 Å². The van der Waals surface area contributed by atoms with Crippen LogP contribution in [0.4, 0.5) is 0 Å². The van der Waals surface area contributed by atoms with Crippen molar-refractivity contribution in [1.29, 1.82) is 0 Å². The first-order chi connectivity index (χ1) is 8.81. The number of carbonyl (C=O) groups is 1. The van der Waals surface area contributed by atoms with E-state index in [4.69, 9.17) is 0 Å². The van der Waals surface area contributed by atoms with E-state index in [1.807, 2.05) is 18.2 Å². The van der Waals surface area contributed by atoms with E-state index in [1.165, 1.54) is 10.8 Å². The maximum Gasteiger partial charge on any atom is 0.224 e. The summed E-state index contributed by atoms with van der Waals surface area (Å²) in [6.45, 7) is 1.78. The summed E-state index contributed by atoms with van der Waals surface area (Å²) >= 11 is 0. The van der Waals surface area contributed by atoms with Crippen molar-refractivity contribution < 1.29 is 4.79 Å². The van der Waals surface area contributed by atoms with E-state index >= 15 is 0 Å². The van der Waals surface area contributed by atoms with Gasteiger partial charge in [-0.3, -0.25) is 4.79 Å². The average Bonchev–Trinajstić information content (AvgIpc) is 2.34. The van der Waals surface area contributed by atoms with Crippen molar-refractivity contribution in [3.05, 3.63) is 48.0 Å². The van der Waals surface area contributed by atoms with Gasteiger partial charge < -0.3 is 10.6 Å². The maximum absolute atomic E-state index is 11.8. The third kappa shape index (κ3) is 2.36. The predicted octanol–water partition coefficient (Wildman–Crippen LogP) is 1.47. The van der Waals surface area contributed by atoms with Crippen LogP contribution < -0.4 is 10.6 Å². The molecule has 0 aromatic heterocycles. The molecule has 2 aromatic carbocycles. The molecule has 0 radical (unpaired) electrons. The lowest BCUT2D eigenvalue weighted by Crippen LogP contribution is -2.57. The summed E-state index contributed by atoms with van der Waals surface area (Å²) in [6.07, 6.45) is 0.460. The van der Waals surface area contributed by atoms with Crippen LogP contribution in [0.3, 0.4) is 0 Å². The van der Waals surface area contributed by atoms with Crippen LogP contribution in [0.15, 0.2) is 42.5 Å². The zero-order valence-corrected chi connectivity index (χ0v) is 10.1. The average molecular weight is 240 g/mol. The topological polar surface area (TPSA) is 41.1 Å². The van der Waals surface area contributed by atoms with Crippen molar-refractivity contribution >= 4 is 16.7 Å². The van der Waals surface area contributed by atoms with Crippen molar-refractivity contribution in [2.75, 3.05) is 13.1 Å². The molecule has 18 heavy (non-hydrogen) atoms. The summed E-state index contributed by atoms with van der Waals surface area (Å²) in [5.41, 5.74) is 1.07. The monoisotopic (exact) mass is 240 g/mol. The predicted molar refractivity (Wildman–Crippen MR) is 72.5 cm³/mol. The fourth-order valence-electron chi connectivity index (χ4n) is 2.20. The second-order valence-electron chi connectivity index (χ2n) is 4.78. The lowest BCUT2D eigenvalue weighted by molar-refractivity contribution is -0.121. The van der Waals surface area contributed by atoms with Crippen LogP contribution in [0.2, 0.25) is 0 Å². The summed E-state index contributed by atoms with van der Waals surface area (Å²) in [5.74, 6) is 0.108. The van der Waals surface area contributed by atoms with Gasteiger partial charge >= 0.3 is 0 Å². The summed E-state index contributed by atoms with van der Waals surface area (Å²) in [7, 11) is 0. The van der Waals surface area contributed by atoms with Crippen LogP contribution in [0.5, 0.6) is 0 Å². The Morgan fingerprint density at radius 3 is 2.67 bits per heavy atom. The molecule has 1 saturated heterocycles. The molecule has 1 aliphatic rings. The van der Waals surface area contributed by atoms with Crippen LogP contribution in [0, 0.1) is 0 Å². The van der Waals surface area contributed by atoms with Crippen molar-refractivity contribution in [3.63, 3.8) is 0 Å². The third-order valence-corrected chi connectivity index (χ3v) is 3.33. The van der Waals surface area contributed by atoms with Gasteiger partial charge in [-0.25, -0.2) is 0 Å². The van der Waals surface area contributed by atoms with Gasteiger partial charge in [0.15, 0.2) is 0 Å². The van der Waals surface area contributed by atoms with E-state index in [0.717, 1.165) is 18.7 Å². The molecule has 3 rings (SSSR count). The first-order valence-corrected chi connectivity index (χ1v) is 6.29. The smallest absolute Gasteiger partial charge is 0.224 e. The highest BCUT2D eigenvalue weighted by atomic mass is 16.1. The van der Waals surface area contributed by atoms with Gasteiger partial charge in [-0.15, -0.1) is 0 Å². The SMILES string of the molecule is O=C(Cc1ccc2ccccc2c1)NC1CNC1. The Labute approximate surface area is 106 Å². The quantitative estimate of drug-likeness (QED) is 0.853. The van der Waals surface area contributed by atoms with Crippen molar-refractivity contribution in [3.8, 4) is 0 Å². The van der Waals surface area contributed by atoms with Gasteiger partial charge in [-0.1, -0.05) is 42.5 Å². The van der Waals surface area contributed by atoms with Gasteiger partial charge in [0.2, 0.25) is 5.91 Å². The van der Waals surface area contributed by atoms with E-state index in [0.29, 0.717) is 12.5 Å². The number of fused-ring (bicyclic) bond motifs is 1. The van der Waals surface area contributed by atoms with E-state index < -0.39 is 0 Å². The standard InChI is InChI=1S/C15H16N2O/c18-15(17-14-9-16-10-14)8-11-5-6-12-3-1-2-4-13(12)7-11/h1-7,14,16H,8-10H2,(H,17,18). The minimum absolute atomic E-state index is 0.108. The van der Waals surface area contributed by atoms with Gasteiger partial charge in [-0.2, -0.15) is 0 Å². The molecule has 0 aliphatic carbocycles. The second kappa shape index (κ2) is 4.78. The lowest BCUT2D eigenvalue weighted by Gasteiger charge is -2.27. The molecular formula is C15H16N2O. The molecule has 3 heteroatoms. The molecule has 0 bridgehead atoms. The molecule has 92 valence electrons. The zero-order chi connectivity index (χ0) is 12.4. The highest BCUT2D eigenvalue weighted by Crippen LogP contribution is 2.15. The Morgan fingerprint density at radius 1 is 1.17 bits per heavy atom. The lowest BCUT2D eigenvalue weighted by atomic mass is 10.0. The van der Waals surface area contributed by atoms with Crippen LogP contribution in [0.1, 0.15) is 5.56 Å². The molecule has 0 saturated carbocycles. The third-order valence-electron chi connectivity index (χ3n) is 3.33. The van der Waals surface area contributed by atoms with Crippen molar-refractivity contribution in [2.45, 2.75) is 12.5 Å². The molecule has 0 unspecified atom stereocenters. The van der Waals surface area contributed by atoms with E-state index in [-0.39, 0.29) is 5.91 Å². The fourth-order valence-corrected chi connectivity index (χ4v) is 2.20. The van der Waals surface area contributed by atoms with Crippen LogP contribution in [0.25, 0.3) is 10.8 Å². The highest BCUT2D eigenvalue weighted by molar-refractivity contribution is 5.85. The van der Waals surface area contributed by atoms with Crippen LogP contribution in [-0.4, -0.2) is 25.0 Å². The Kier molecular flexibility index (Phi) is 2.99. The van der Waals surface area contributed by atoms with Gasteiger partial charge in [0.25, 0.3) is 0 Å². The number of hydrogen-bond donors (Lipinski definition) is 2. The molecular weight excluding hydrogens is 224 g/mol. The molecule has 1 heterocycles. The van der Waals surface area contributed by atoms with Crippen LogP contribution in [-0.2, 0) is 11.2 Å². The van der Waals surface area contributed by atoms with Gasteiger partial charge in [0.1, 0.15) is 0 Å². The molecule has 3 nitrogen and oxygen atoms in total. The number of carbonyl (C=O) groups excluding carboxylic acids is 1. The fraction of sp³-hybridized carbons (Fsp3) is 0.267. The van der Waals surface area contributed by atoms with E-state index in [2.05, 4.69) is 34.9 Å². The van der Waals surface area contributed by atoms with Gasteiger partial charge in [0.05, 0.1) is 12.5 Å². The van der Waals surface area contributed by atoms with Crippen molar-refractivity contribution in [2.24, 2.45) is 0 Å². The molecule has 0 spiro atoms. The number of benzene rings is 2. The molecule has 1 amide bonds. The number of hydrogen-bond acceptors (Lipinski definition) is 2. The Morgan fingerprint density at radius 2 is 1.94 bits per heavy atom. The minimum Gasteiger partial charge on any atom is -0.351 e. The second-order valence-corrected chi connectivity index (χ2v) is 4.78. The normalized spacial score (nSPS) is 15.3. The number of nitrogens with one attached hydrogen (secondary N) is 2. The van der Waals surface area contributed by atoms with Gasteiger partial charge in [-0.05, 0) is 16.3 Å². The first kappa shape index (κ1) is 11.2. The van der Waals surface area contributed by atoms with E-state index in [1.54, 1.807) is 0 Å². The largest absolute Gasteiger partial charge is 0.351 e. The first-order valence-electron chi connectivity index (χ1n) is 6.29. The van der Waals surface area contributed by atoms with Gasteiger partial charge in [0, 0.05) is 13.1 Å². The summed E-state index contributed by atoms with van der Waals surface area (Å²) < 4.78 is 0. The number of rotatable bonds is 3. The summed E-state index contributed by atoms with van der Waals surface area (Å²) in [6, 6.07) is 14.7. The molecule has 1 fully saturated rings. The molecule has 2 aromatic rings. The molecule has 2 N–H and O–H groups in total. The van der Waals surface area contributed by atoms with Crippen molar-refractivity contribution in [1.82, 2.24) is 10.6 Å². The summed E-state index contributed by atoms with van der Waals surface area (Å²) in [4.78, 5) is 11.8. The maximum atomic E-state index is 11.8. The Hall–Kier alpha value is -1.87. The Bertz CT molecular complexity index is 575. The zero-order valence-electron chi connectivity index (χ0n) is 10.1. The molecule has 1 aliphatic heterocycles. The highest BCUT2D eigenvalue weighted by Gasteiger charge is 2.18. The Balaban J connectivity index is 1.71. The van der Waals surface area contributed by atoms with E-state index in [9.17, 15) is 4.79 Å². The number of amides is 1.